The minimum Gasteiger partial charge on any atom is -1.00 e. The van der Waals surface area contributed by atoms with Gasteiger partial charge in [-0.05, 0) is 12.1 Å². The van der Waals surface area contributed by atoms with Gasteiger partial charge in [0.05, 0.1) is 0 Å². The van der Waals surface area contributed by atoms with Crippen molar-refractivity contribution in [3.05, 3.63) is 30.1 Å². The molecule has 0 aliphatic carbocycles. The first-order valence-corrected chi connectivity index (χ1v) is 2.45. The standard InChI is InChI=1S/C6H5NO2.Ca.Cr.2H/c8-6(9)5-3-1-2-4-7-5;;;;/h1-4H,(H,8,9);;;;/q;+2;;2*-1. The van der Waals surface area contributed by atoms with E-state index in [4.69, 9.17) is 5.11 Å². The summed E-state index contributed by atoms with van der Waals surface area (Å²) in [5.41, 5.74) is 0.0810. The third-order valence-electron chi connectivity index (χ3n) is 0.884. The van der Waals surface area contributed by atoms with Crippen molar-refractivity contribution in [1.82, 2.24) is 4.98 Å². The summed E-state index contributed by atoms with van der Waals surface area (Å²) < 4.78 is 0. The van der Waals surface area contributed by atoms with Gasteiger partial charge in [-0.25, -0.2) is 9.78 Å². The Bertz CT molecular complexity index is 225. The monoisotopic (exact) mass is 217 g/mol. The molecule has 0 aliphatic rings. The first-order chi connectivity index (χ1) is 4.30. The first kappa shape index (κ1) is 14.0. The molecule has 0 aromatic carbocycles. The van der Waals surface area contributed by atoms with Crippen molar-refractivity contribution in [3.63, 3.8) is 0 Å². The zero-order chi connectivity index (χ0) is 6.69. The fourth-order valence-corrected chi connectivity index (χ4v) is 0.489. The molecule has 0 amide bonds. The third-order valence-corrected chi connectivity index (χ3v) is 0.884. The van der Waals surface area contributed by atoms with E-state index in [1.54, 1.807) is 12.1 Å². The Labute approximate surface area is 108 Å². The number of carbonyl (C=O) groups is 1. The second kappa shape index (κ2) is 7.08. The van der Waals surface area contributed by atoms with E-state index in [0.29, 0.717) is 0 Å². The van der Waals surface area contributed by atoms with Gasteiger partial charge in [-0.2, -0.15) is 0 Å². The summed E-state index contributed by atoms with van der Waals surface area (Å²) in [5, 5.41) is 8.32. The van der Waals surface area contributed by atoms with Crippen LogP contribution in [0.25, 0.3) is 0 Å². The molecule has 1 rings (SSSR count). The van der Waals surface area contributed by atoms with Crippen molar-refractivity contribution < 1.29 is 30.1 Å². The molecule has 1 aromatic rings. The maximum absolute atomic E-state index is 10.1. The molecule has 11 heavy (non-hydrogen) atoms. The van der Waals surface area contributed by atoms with Gasteiger partial charge in [-0.1, -0.05) is 6.07 Å². The van der Waals surface area contributed by atoms with Crippen molar-refractivity contribution in [2.24, 2.45) is 0 Å². The van der Waals surface area contributed by atoms with Gasteiger partial charge in [0.2, 0.25) is 0 Å². The molecule has 3 nitrogen and oxygen atoms in total. The fourth-order valence-electron chi connectivity index (χ4n) is 0.489. The number of nitrogens with zero attached hydrogens (tertiary/aromatic N) is 1. The van der Waals surface area contributed by atoms with Crippen LogP contribution in [-0.4, -0.2) is 53.8 Å². The van der Waals surface area contributed by atoms with E-state index in [9.17, 15) is 4.79 Å². The van der Waals surface area contributed by atoms with Crippen LogP contribution in [0.15, 0.2) is 24.4 Å². The van der Waals surface area contributed by atoms with Crippen LogP contribution in [0.1, 0.15) is 13.3 Å². The minimum atomic E-state index is -0.990. The van der Waals surface area contributed by atoms with Gasteiger partial charge in [0.15, 0.2) is 0 Å². The number of pyridine rings is 1. The number of rotatable bonds is 1. The molecule has 1 heterocycles. The van der Waals surface area contributed by atoms with Crippen molar-refractivity contribution in [1.29, 1.82) is 0 Å². The number of carboxylic acid groups (broad SMARTS) is 1. The molecular weight excluding hydrogens is 210 g/mol. The van der Waals surface area contributed by atoms with E-state index in [1.165, 1.54) is 12.3 Å². The van der Waals surface area contributed by atoms with E-state index >= 15 is 0 Å². The summed E-state index contributed by atoms with van der Waals surface area (Å²) >= 11 is 0. The number of carboxylic acids is 1. The predicted octanol–water partition coefficient (Wildman–Crippen LogP) is 0.621. The summed E-state index contributed by atoms with van der Waals surface area (Å²) in [5.74, 6) is -0.990. The molecular formula is C6H7CaCrNO2. The van der Waals surface area contributed by atoms with Crippen LogP contribution in [0.5, 0.6) is 0 Å². The fraction of sp³-hybridized carbons (Fsp3) is 0. The van der Waals surface area contributed by atoms with Crippen molar-refractivity contribution >= 4 is 43.7 Å². The van der Waals surface area contributed by atoms with E-state index < -0.39 is 5.97 Å². The number of hydrogen-bond donors (Lipinski definition) is 1. The van der Waals surface area contributed by atoms with E-state index in [-0.39, 0.29) is 63.6 Å². The summed E-state index contributed by atoms with van der Waals surface area (Å²) in [4.78, 5) is 13.7. The molecule has 1 aromatic heterocycles. The van der Waals surface area contributed by atoms with Gasteiger partial charge in [0.1, 0.15) is 5.69 Å². The molecule has 0 atom stereocenters. The molecule has 0 radical (unpaired) electrons. The molecule has 0 bridgehead atoms. The zero-order valence-corrected chi connectivity index (χ0v) is 9.21. The Hall–Kier alpha value is 0.412. The van der Waals surface area contributed by atoms with Gasteiger partial charge in [-0.3, -0.25) is 0 Å². The Balaban J connectivity index is -0.000000101. The minimum absolute atomic E-state index is 0. The van der Waals surface area contributed by atoms with Gasteiger partial charge in [0, 0.05) is 23.6 Å². The van der Waals surface area contributed by atoms with Crippen LogP contribution >= 0.6 is 0 Å². The molecule has 5 heteroatoms. The van der Waals surface area contributed by atoms with Crippen LogP contribution < -0.4 is 0 Å². The molecule has 0 fully saturated rings. The van der Waals surface area contributed by atoms with Gasteiger partial charge < -0.3 is 7.96 Å². The molecule has 56 valence electrons. The van der Waals surface area contributed by atoms with Gasteiger partial charge >= 0.3 is 43.7 Å². The van der Waals surface area contributed by atoms with Crippen LogP contribution in [0.4, 0.5) is 0 Å². The largest absolute Gasteiger partial charge is 2.00 e. The normalized spacial score (nSPS) is 7.27. The van der Waals surface area contributed by atoms with Gasteiger partial charge in [0.25, 0.3) is 0 Å². The van der Waals surface area contributed by atoms with Crippen LogP contribution in [-0.2, 0) is 17.4 Å². The van der Waals surface area contributed by atoms with Crippen LogP contribution in [0, 0.1) is 0 Å². The smallest absolute Gasteiger partial charge is 1.00 e. The Morgan fingerprint density at radius 1 is 1.55 bits per heavy atom. The van der Waals surface area contributed by atoms with E-state index in [1.807, 2.05) is 0 Å². The number of aromatic nitrogens is 1. The molecule has 1 N–H and O–H groups in total. The molecule has 0 aliphatic heterocycles. The topological polar surface area (TPSA) is 50.2 Å². The Morgan fingerprint density at radius 2 is 2.18 bits per heavy atom. The summed E-state index contributed by atoms with van der Waals surface area (Å²) in [6.07, 6.45) is 1.45. The average Bonchev–Trinajstić information content (AvgIpc) is 1.90. The predicted molar refractivity (Wildman–Crippen MR) is 39.2 cm³/mol. The zero-order valence-electron chi connectivity index (χ0n) is 7.73. The third kappa shape index (κ3) is 4.78. The maximum atomic E-state index is 10.1. The second-order valence-electron chi connectivity index (χ2n) is 1.52. The average molecular weight is 217 g/mol. The Kier molecular flexibility index (Phi) is 8.99. The molecule has 0 unspecified atom stereocenters. The summed E-state index contributed by atoms with van der Waals surface area (Å²) in [6, 6.07) is 4.76. The SMILES string of the molecule is O=C(O)c1ccccn1.[Ca+2].[Cr].[H-].[H-]. The summed E-state index contributed by atoms with van der Waals surface area (Å²) in [7, 11) is 0. The first-order valence-electron chi connectivity index (χ1n) is 2.45. The number of aromatic carboxylic acids is 1. The van der Waals surface area contributed by atoms with E-state index in [0.717, 1.165) is 0 Å². The van der Waals surface area contributed by atoms with Crippen LogP contribution in [0.3, 0.4) is 0 Å². The van der Waals surface area contributed by atoms with Crippen LogP contribution in [0.2, 0.25) is 0 Å². The van der Waals surface area contributed by atoms with Crippen molar-refractivity contribution in [2.45, 2.75) is 0 Å². The maximum Gasteiger partial charge on any atom is 2.00 e. The molecule has 0 spiro atoms. The van der Waals surface area contributed by atoms with Crippen molar-refractivity contribution in [2.75, 3.05) is 0 Å². The quantitative estimate of drug-likeness (QED) is 0.701. The van der Waals surface area contributed by atoms with Gasteiger partial charge in [-0.15, -0.1) is 0 Å². The second-order valence-corrected chi connectivity index (χ2v) is 1.52. The Morgan fingerprint density at radius 3 is 2.45 bits per heavy atom. The number of hydrogen-bond acceptors (Lipinski definition) is 2. The van der Waals surface area contributed by atoms with Crippen molar-refractivity contribution in [3.8, 4) is 0 Å². The van der Waals surface area contributed by atoms with E-state index in [2.05, 4.69) is 4.98 Å². The summed E-state index contributed by atoms with van der Waals surface area (Å²) in [6.45, 7) is 0. The molecule has 0 saturated heterocycles. The molecule has 0 saturated carbocycles.